The number of thiazole rings is 1. The summed E-state index contributed by atoms with van der Waals surface area (Å²) < 4.78 is 5.65. The van der Waals surface area contributed by atoms with Crippen molar-refractivity contribution in [1.29, 1.82) is 0 Å². The number of aryl methyl sites for hydroxylation is 1. The number of aromatic nitrogens is 3. The first-order valence-electron chi connectivity index (χ1n) is 11.6. The molecule has 0 unspecified atom stereocenters. The van der Waals surface area contributed by atoms with E-state index in [9.17, 15) is 14.4 Å². The molecule has 9 nitrogen and oxygen atoms in total. The van der Waals surface area contributed by atoms with Crippen LogP contribution in [0, 0.1) is 0 Å². The zero-order valence-corrected chi connectivity index (χ0v) is 20.9. The normalized spacial score (nSPS) is 12.9. The van der Waals surface area contributed by atoms with Gasteiger partial charge in [0.25, 0.3) is 17.0 Å². The highest BCUT2D eigenvalue weighted by atomic mass is 32.2. The first kappa shape index (κ1) is 24.1. The van der Waals surface area contributed by atoms with Crippen molar-refractivity contribution in [2.24, 2.45) is 0 Å². The molecule has 0 spiro atoms. The number of carbonyl (C=O) groups excluding carboxylic acids is 3. The Hall–Kier alpha value is -3.57. The standard InChI is InChI=1S/C25H23N5O4S2/c31-19(27-24-26-12-15-35-24)11-14-36-25-29-28-20(34-25)10-2-1-3-13-30-22(32)17-8-4-6-16-7-5-9-18(21(16)17)23(30)33/h4-9,12,15H,1-3,10-11,13-14H2,(H,26,27,31). The number of imide groups is 1. The number of thioether (sulfide) groups is 1. The summed E-state index contributed by atoms with van der Waals surface area (Å²) in [6, 6.07) is 11.1. The Kier molecular flexibility index (Phi) is 7.38. The van der Waals surface area contributed by atoms with E-state index in [1.807, 2.05) is 24.3 Å². The minimum Gasteiger partial charge on any atom is -0.416 e. The highest BCUT2D eigenvalue weighted by molar-refractivity contribution is 7.99. The van der Waals surface area contributed by atoms with Crippen molar-refractivity contribution >= 4 is 56.7 Å². The van der Waals surface area contributed by atoms with Gasteiger partial charge in [0.15, 0.2) is 5.13 Å². The summed E-state index contributed by atoms with van der Waals surface area (Å²) in [6.07, 6.45) is 4.87. The Labute approximate surface area is 215 Å². The predicted octanol–water partition coefficient (Wildman–Crippen LogP) is 4.81. The zero-order chi connectivity index (χ0) is 24.9. The number of nitrogens with one attached hydrogen (secondary N) is 1. The number of hydrogen-bond donors (Lipinski definition) is 1. The number of carbonyl (C=O) groups is 3. The lowest BCUT2D eigenvalue weighted by Gasteiger charge is -2.27. The van der Waals surface area contributed by atoms with Crippen LogP contribution in [0.4, 0.5) is 5.13 Å². The number of hydrogen-bond acceptors (Lipinski definition) is 9. The van der Waals surface area contributed by atoms with E-state index in [1.165, 1.54) is 28.0 Å². The van der Waals surface area contributed by atoms with Gasteiger partial charge >= 0.3 is 0 Å². The number of unbranched alkanes of at least 4 members (excludes halogenated alkanes) is 2. The van der Waals surface area contributed by atoms with Crippen LogP contribution in [0.25, 0.3) is 10.8 Å². The quantitative estimate of drug-likeness (QED) is 0.170. The number of anilines is 1. The molecule has 0 saturated carbocycles. The van der Waals surface area contributed by atoms with Crippen molar-refractivity contribution in [3.05, 3.63) is 65.0 Å². The number of rotatable bonds is 11. The van der Waals surface area contributed by atoms with Gasteiger partial charge in [-0.1, -0.05) is 42.4 Å². The van der Waals surface area contributed by atoms with Gasteiger partial charge in [-0.25, -0.2) is 4.98 Å². The van der Waals surface area contributed by atoms with E-state index in [0.29, 0.717) is 58.9 Å². The lowest BCUT2D eigenvalue weighted by atomic mass is 9.94. The number of nitrogens with zero attached hydrogens (tertiary/aromatic N) is 4. The maximum atomic E-state index is 13.0. The average Bonchev–Trinajstić information content (AvgIpc) is 3.56. The smallest absolute Gasteiger partial charge is 0.276 e. The molecule has 36 heavy (non-hydrogen) atoms. The summed E-state index contributed by atoms with van der Waals surface area (Å²) in [5, 5.41) is 15.3. The molecule has 1 N–H and O–H groups in total. The maximum absolute atomic E-state index is 13.0. The van der Waals surface area contributed by atoms with Gasteiger partial charge < -0.3 is 9.73 Å². The summed E-state index contributed by atoms with van der Waals surface area (Å²) in [6.45, 7) is 0.371. The Bertz CT molecular complexity index is 1350. The Morgan fingerprint density at radius 3 is 2.53 bits per heavy atom. The first-order chi connectivity index (χ1) is 17.6. The van der Waals surface area contributed by atoms with E-state index in [0.717, 1.165) is 23.6 Å². The Balaban J connectivity index is 1.04. The predicted molar refractivity (Wildman–Crippen MR) is 137 cm³/mol. The molecule has 0 atom stereocenters. The number of amides is 3. The second-order valence-electron chi connectivity index (χ2n) is 8.23. The minimum atomic E-state index is -0.233. The first-order valence-corrected chi connectivity index (χ1v) is 13.5. The van der Waals surface area contributed by atoms with Crippen molar-refractivity contribution in [2.75, 3.05) is 17.6 Å². The molecule has 0 aliphatic carbocycles. The van der Waals surface area contributed by atoms with Gasteiger partial charge in [-0.3, -0.25) is 19.3 Å². The van der Waals surface area contributed by atoms with Crippen molar-refractivity contribution in [1.82, 2.24) is 20.1 Å². The molecule has 0 saturated heterocycles. The highest BCUT2D eigenvalue weighted by Crippen LogP contribution is 2.30. The Morgan fingerprint density at radius 2 is 1.81 bits per heavy atom. The van der Waals surface area contributed by atoms with Crippen LogP contribution >= 0.6 is 23.1 Å². The highest BCUT2D eigenvalue weighted by Gasteiger charge is 2.32. The minimum absolute atomic E-state index is 0.108. The van der Waals surface area contributed by atoms with E-state index >= 15 is 0 Å². The SMILES string of the molecule is O=C(CCSc1nnc(CCCCCN2C(=O)c3cccc4cccc(c34)C2=O)o1)Nc1nccs1. The largest absolute Gasteiger partial charge is 0.416 e. The third-order valence-electron chi connectivity index (χ3n) is 5.81. The summed E-state index contributed by atoms with van der Waals surface area (Å²) >= 11 is 2.71. The molecule has 0 fully saturated rings. The molecule has 184 valence electrons. The van der Waals surface area contributed by atoms with Gasteiger partial charge in [0, 0.05) is 53.2 Å². The molecule has 3 amide bonds. The van der Waals surface area contributed by atoms with Gasteiger partial charge in [-0.15, -0.1) is 21.5 Å². The van der Waals surface area contributed by atoms with Crippen molar-refractivity contribution in [3.63, 3.8) is 0 Å². The van der Waals surface area contributed by atoms with E-state index < -0.39 is 0 Å². The Morgan fingerprint density at radius 1 is 1.03 bits per heavy atom. The van der Waals surface area contributed by atoms with Gasteiger partial charge in [0.1, 0.15) is 0 Å². The average molecular weight is 522 g/mol. The van der Waals surface area contributed by atoms with Crippen LogP contribution in [0.5, 0.6) is 0 Å². The molecule has 5 rings (SSSR count). The second-order valence-corrected chi connectivity index (χ2v) is 10.2. The van der Waals surface area contributed by atoms with Gasteiger partial charge in [-0.05, 0) is 30.4 Å². The molecule has 4 aromatic rings. The van der Waals surface area contributed by atoms with E-state index in [1.54, 1.807) is 23.7 Å². The summed E-state index contributed by atoms with van der Waals surface area (Å²) in [5.41, 5.74) is 1.17. The molecule has 1 aliphatic rings. The van der Waals surface area contributed by atoms with Crippen molar-refractivity contribution in [3.8, 4) is 0 Å². The van der Waals surface area contributed by atoms with Crippen molar-refractivity contribution < 1.29 is 18.8 Å². The third kappa shape index (κ3) is 5.31. The van der Waals surface area contributed by atoms with E-state index in [2.05, 4.69) is 20.5 Å². The molecular weight excluding hydrogens is 498 g/mol. The second kappa shape index (κ2) is 11.0. The zero-order valence-electron chi connectivity index (χ0n) is 19.3. The fourth-order valence-electron chi connectivity index (χ4n) is 4.10. The molecule has 2 aromatic heterocycles. The summed E-state index contributed by atoms with van der Waals surface area (Å²) in [7, 11) is 0. The fourth-order valence-corrected chi connectivity index (χ4v) is 5.36. The maximum Gasteiger partial charge on any atom is 0.276 e. The van der Waals surface area contributed by atoms with E-state index in [4.69, 9.17) is 4.42 Å². The van der Waals surface area contributed by atoms with Crippen LogP contribution in [-0.4, -0.2) is 50.1 Å². The molecule has 3 heterocycles. The summed E-state index contributed by atoms with van der Waals surface area (Å²) in [5.74, 6) is 0.484. The third-order valence-corrected chi connectivity index (χ3v) is 7.32. The molecule has 1 aliphatic heterocycles. The van der Waals surface area contributed by atoms with Crippen LogP contribution < -0.4 is 5.32 Å². The molecule has 2 aromatic carbocycles. The van der Waals surface area contributed by atoms with Gasteiger partial charge in [-0.2, -0.15) is 0 Å². The van der Waals surface area contributed by atoms with E-state index in [-0.39, 0.29) is 17.7 Å². The lowest BCUT2D eigenvalue weighted by molar-refractivity contribution is -0.115. The van der Waals surface area contributed by atoms with Crippen LogP contribution in [0.15, 0.2) is 57.6 Å². The van der Waals surface area contributed by atoms with Crippen LogP contribution in [0.1, 0.15) is 52.3 Å². The van der Waals surface area contributed by atoms with Crippen LogP contribution in [0.2, 0.25) is 0 Å². The fraction of sp³-hybridized carbons (Fsp3) is 0.280. The lowest BCUT2D eigenvalue weighted by Crippen LogP contribution is -2.40. The van der Waals surface area contributed by atoms with Crippen molar-refractivity contribution in [2.45, 2.75) is 37.3 Å². The van der Waals surface area contributed by atoms with Gasteiger partial charge in [0.2, 0.25) is 11.8 Å². The van der Waals surface area contributed by atoms with Crippen LogP contribution in [-0.2, 0) is 11.2 Å². The molecule has 0 radical (unpaired) electrons. The number of benzene rings is 2. The monoisotopic (exact) mass is 521 g/mol. The van der Waals surface area contributed by atoms with Crippen LogP contribution in [0.3, 0.4) is 0 Å². The topological polar surface area (TPSA) is 118 Å². The van der Waals surface area contributed by atoms with Gasteiger partial charge in [0.05, 0.1) is 0 Å². The molecular formula is C25H23N5O4S2. The molecule has 0 bridgehead atoms. The molecule has 11 heteroatoms. The summed E-state index contributed by atoms with van der Waals surface area (Å²) in [4.78, 5) is 43.2.